The van der Waals surface area contributed by atoms with Crippen molar-refractivity contribution in [1.29, 1.82) is 0 Å². The highest BCUT2D eigenvalue weighted by Crippen LogP contribution is 2.26. The first-order valence-corrected chi connectivity index (χ1v) is 35.2. The monoisotopic (exact) mass is 1450 g/mol. The number of ether oxygens (including phenoxy) is 9. The number of hydrogen-bond donors (Lipinski definition) is 19. The molecule has 0 bridgehead atoms. The highest BCUT2D eigenvalue weighted by atomic mass is 16.7. The molecule has 9 amide bonds. The predicted octanol–water partition coefficient (Wildman–Crippen LogP) is -7.05. The van der Waals surface area contributed by atoms with Crippen LogP contribution in [0.1, 0.15) is 130 Å². The molecule has 0 aromatic heterocycles. The molecule has 0 unspecified atom stereocenters. The Bertz CT molecular complexity index is 2340. The lowest BCUT2D eigenvalue weighted by molar-refractivity contribution is -0.270. The van der Waals surface area contributed by atoms with Gasteiger partial charge in [0.1, 0.15) is 79.2 Å². The molecule has 19 N–H and O–H groups in total. The van der Waals surface area contributed by atoms with Crippen LogP contribution < -0.4 is 53.2 Å². The first-order chi connectivity index (χ1) is 48.5. The summed E-state index contributed by atoms with van der Waals surface area (Å²) >= 11 is 0. The van der Waals surface area contributed by atoms with Gasteiger partial charge in [-0.3, -0.25) is 43.2 Å². The van der Waals surface area contributed by atoms with Crippen molar-refractivity contribution in [3.63, 3.8) is 0 Å². The van der Waals surface area contributed by atoms with Crippen LogP contribution in [0.5, 0.6) is 0 Å². The van der Waals surface area contributed by atoms with Crippen LogP contribution in [0.2, 0.25) is 0 Å². The van der Waals surface area contributed by atoms with Crippen LogP contribution in [-0.2, 0) is 85.8 Å². The number of carbonyl (C=O) groups is 9. The maximum atomic E-state index is 13.1. The highest BCUT2D eigenvalue weighted by Gasteiger charge is 2.48. The molecule has 0 aliphatic carbocycles. The lowest BCUT2D eigenvalue weighted by atomic mass is 9.97. The number of hydrogen-bond acceptors (Lipinski definition) is 28. The summed E-state index contributed by atoms with van der Waals surface area (Å²) in [7, 11) is 0. The summed E-state index contributed by atoms with van der Waals surface area (Å²) in [4.78, 5) is 112. The Kier molecular flexibility index (Phi) is 43.5. The number of rotatable bonds is 48. The average molecular weight is 1460 g/mol. The predicted molar refractivity (Wildman–Crippen MR) is 353 cm³/mol. The van der Waals surface area contributed by atoms with E-state index in [1.165, 1.54) is 20.8 Å². The van der Waals surface area contributed by atoms with Crippen LogP contribution in [0.15, 0.2) is 0 Å². The van der Waals surface area contributed by atoms with Crippen molar-refractivity contribution in [3.8, 4) is 0 Å². The maximum absolute atomic E-state index is 13.1. The second kappa shape index (κ2) is 50.0. The number of nitrogens with one attached hydrogen (secondary N) is 10. The molecule has 0 spiro atoms. The summed E-state index contributed by atoms with van der Waals surface area (Å²) in [6.07, 6.45) is -11.9. The van der Waals surface area contributed by atoms with Gasteiger partial charge in [0.25, 0.3) is 0 Å². The van der Waals surface area contributed by atoms with E-state index in [9.17, 15) is 89.1 Å². The Hall–Kier alpha value is -5.53. The Morgan fingerprint density at radius 3 is 0.970 bits per heavy atom. The van der Waals surface area contributed by atoms with Gasteiger partial charge in [0.05, 0.1) is 51.8 Å². The van der Waals surface area contributed by atoms with Gasteiger partial charge in [-0.1, -0.05) is 0 Å². The molecule has 582 valence electrons. The minimum absolute atomic E-state index is 0.00450. The molecule has 0 saturated carbocycles. The molecule has 18 atom stereocenters. The number of carbonyl (C=O) groups excluding carboxylic acids is 9. The summed E-state index contributed by atoms with van der Waals surface area (Å²) in [6.45, 7) is 4.78. The van der Waals surface area contributed by atoms with Gasteiger partial charge in [0.2, 0.25) is 53.2 Å². The standard InChI is InChI=1S/C64H114N10O27/c1-38(78)72-52-58(90)55(87)43(35-75)99-62(52)96-28-7-4-15-46(81)66-22-11-25-69-49(84)18-31-93-41-14-10-21-65-34-42(94-32-19-50(85)70-26-12-23-67-47(82)16-5-8-29-97-63-53(73-39(2)79)59(91)56(88)44(36-76)100-63)61(41)95-33-20-51(86)71-27-13-24-68-48(83)17-6-9-30-98-64-54(74-40(3)80)60(92)57(89)45(37-77)101-64/h41-45,52-65,75-77,87-92H,4-37H2,1-3H3,(H,66,81)(H,67,82)(H,68,83)(H,69,84)(H,70,85)(H,71,86)(H,72,78)(H,73,79)(H,74,80)/t41-,42+,43-,44-,45-,52-,53-,54-,55+,56+,57+,58-,59-,60-,61+,62-,63-,64-/m1/s1. The van der Waals surface area contributed by atoms with E-state index in [0.717, 1.165) is 0 Å². The summed E-state index contributed by atoms with van der Waals surface area (Å²) in [5, 5.41) is 118. The van der Waals surface area contributed by atoms with Crippen molar-refractivity contribution in [3.05, 3.63) is 0 Å². The third-order valence-corrected chi connectivity index (χ3v) is 16.9. The fourth-order valence-electron chi connectivity index (χ4n) is 11.4. The zero-order chi connectivity index (χ0) is 74.1. The second-order valence-corrected chi connectivity index (χ2v) is 25.2. The summed E-state index contributed by atoms with van der Waals surface area (Å²) in [6, 6.07) is -3.23. The molecular weight excluding hydrogens is 1340 g/mol. The molecule has 4 rings (SSSR count). The van der Waals surface area contributed by atoms with Gasteiger partial charge in [-0.25, -0.2) is 0 Å². The van der Waals surface area contributed by atoms with E-state index in [1.807, 2.05) is 0 Å². The molecule has 4 aliphatic heterocycles. The minimum Gasteiger partial charge on any atom is -0.394 e. The van der Waals surface area contributed by atoms with Crippen molar-refractivity contribution in [2.45, 2.75) is 240 Å². The van der Waals surface area contributed by atoms with Gasteiger partial charge in [-0.15, -0.1) is 0 Å². The van der Waals surface area contributed by atoms with Crippen LogP contribution in [0.3, 0.4) is 0 Å². The van der Waals surface area contributed by atoms with E-state index in [0.29, 0.717) is 83.7 Å². The third-order valence-electron chi connectivity index (χ3n) is 16.9. The van der Waals surface area contributed by atoms with Crippen molar-refractivity contribution in [2.24, 2.45) is 0 Å². The van der Waals surface area contributed by atoms with Crippen molar-refractivity contribution < 1.29 is 132 Å². The van der Waals surface area contributed by atoms with E-state index in [2.05, 4.69) is 53.2 Å². The van der Waals surface area contributed by atoms with E-state index < -0.39 is 148 Å². The lowest BCUT2D eigenvalue weighted by Gasteiger charge is -2.42. The van der Waals surface area contributed by atoms with Gasteiger partial charge in [0.15, 0.2) is 18.9 Å². The summed E-state index contributed by atoms with van der Waals surface area (Å²) in [5.74, 6) is -3.02. The van der Waals surface area contributed by atoms with Crippen molar-refractivity contribution in [1.82, 2.24) is 53.2 Å². The topological polar surface area (TPSA) is 539 Å². The first-order valence-electron chi connectivity index (χ1n) is 35.2. The molecule has 0 aromatic rings. The smallest absolute Gasteiger partial charge is 0.222 e. The van der Waals surface area contributed by atoms with Gasteiger partial charge in [-0.2, -0.15) is 0 Å². The van der Waals surface area contributed by atoms with Gasteiger partial charge in [0, 0.05) is 125 Å². The average Bonchev–Trinajstić information content (AvgIpc) is 0.826. The quantitative estimate of drug-likeness (QED) is 0.0252. The Balaban J connectivity index is 1.17. The SMILES string of the molecule is CC(=O)N[C@H]1[C@H](OCCCCC(=O)NCCCNC(=O)CCO[C@@H]2[C@@H](OCCC(=O)NCCCNC(=O)CCCCO[C@@H]3O[C@H](CO)[C@H](O)[C@H](O)[C@H]3NC(C)=O)CNCCC[C@H]2OCCC(=O)NCCCNC(=O)CCCCO[C@@H]2O[C@H](CO)[C@H](O)[C@H](O)[C@H]2NC(C)=O)O[C@H](CO)[C@H](O)[C@@H]1O. The molecule has 37 nitrogen and oxygen atoms in total. The maximum Gasteiger partial charge on any atom is 0.222 e. The van der Waals surface area contributed by atoms with Crippen molar-refractivity contribution in [2.75, 3.05) is 112 Å². The normalized spacial score (nSPS) is 28.3. The first kappa shape index (κ1) is 87.9. The van der Waals surface area contributed by atoms with Crippen LogP contribution in [-0.4, -0.2) is 321 Å². The van der Waals surface area contributed by atoms with Crippen LogP contribution in [0.4, 0.5) is 0 Å². The number of amides is 9. The fourth-order valence-corrected chi connectivity index (χ4v) is 11.4. The minimum atomic E-state index is -1.45. The molecule has 37 heteroatoms. The lowest BCUT2D eigenvalue weighted by Crippen LogP contribution is -2.64. The molecule has 101 heavy (non-hydrogen) atoms. The molecule has 0 aromatic carbocycles. The van der Waals surface area contributed by atoms with Gasteiger partial charge in [-0.05, 0) is 77.2 Å². The second-order valence-electron chi connectivity index (χ2n) is 25.2. The fraction of sp³-hybridized carbons (Fsp3) is 0.859. The van der Waals surface area contributed by atoms with Crippen LogP contribution in [0.25, 0.3) is 0 Å². The molecule has 4 aliphatic rings. The van der Waals surface area contributed by atoms with E-state index in [1.54, 1.807) is 0 Å². The van der Waals surface area contributed by atoms with Gasteiger partial charge >= 0.3 is 0 Å². The Morgan fingerprint density at radius 1 is 0.366 bits per heavy atom. The van der Waals surface area contributed by atoms with E-state index >= 15 is 0 Å². The molecule has 4 heterocycles. The summed E-state index contributed by atoms with van der Waals surface area (Å²) < 4.78 is 52.8. The number of aliphatic hydroxyl groups excluding tert-OH is 9. The largest absolute Gasteiger partial charge is 0.394 e. The zero-order valence-corrected chi connectivity index (χ0v) is 58.3. The molecular formula is C64H114N10O27. The van der Waals surface area contributed by atoms with Gasteiger partial charge < -0.3 is 142 Å². The third kappa shape index (κ3) is 33.9. The summed E-state index contributed by atoms with van der Waals surface area (Å²) in [5.41, 5.74) is 0. The van der Waals surface area contributed by atoms with E-state index in [-0.39, 0.29) is 153 Å². The Labute approximate surface area is 588 Å². The Morgan fingerprint density at radius 2 is 0.663 bits per heavy atom. The van der Waals surface area contributed by atoms with E-state index in [4.69, 9.17) is 42.6 Å². The number of aliphatic hydroxyl groups is 9. The van der Waals surface area contributed by atoms with Crippen molar-refractivity contribution >= 4 is 53.2 Å². The number of unbranched alkanes of at least 4 members (excludes halogenated alkanes) is 3. The van der Waals surface area contributed by atoms with Crippen LogP contribution >= 0.6 is 0 Å². The highest BCUT2D eigenvalue weighted by molar-refractivity contribution is 5.78. The molecule has 4 fully saturated rings. The zero-order valence-electron chi connectivity index (χ0n) is 58.3. The van der Waals surface area contributed by atoms with Crippen LogP contribution in [0, 0.1) is 0 Å². The molecule has 0 radical (unpaired) electrons. The molecule has 4 saturated heterocycles.